The maximum absolute atomic E-state index is 13.1. The Kier molecular flexibility index (Phi) is 6.88. The summed E-state index contributed by atoms with van der Waals surface area (Å²) in [7, 11) is -3.50. The molecule has 1 aliphatic rings. The van der Waals surface area contributed by atoms with Gasteiger partial charge in [-0.2, -0.15) is 0 Å². The quantitative estimate of drug-likeness (QED) is 0.472. The van der Waals surface area contributed by atoms with Crippen LogP contribution in [0.1, 0.15) is 64.5 Å². The number of carbonyl (C=O) groups excluding carboxylic acids is 1. The summed E-state index contributed by atoms with van der Waals surface area (Å²) in [6.07, 6.45) is 1.87. The molecule has 0 aliphatic carbocycles. The minimum absolute atomic E-state index is 0.165. The molecule has 0 saturated heterocycles. The molecule has 0 saturated carbocycles. The topological polar surface area (TPSA) is 75.7 Å². The van der Waals surface area contributed by atoms with Crippen molar-refractivity contribution in [3.63, 3.8) is 0 Å². The van der Waals surface area contributed by atoms with Crippen molar-refractivity contribution in [1.29, 1.82) is 0 Å². The molecule has 190 valence electrons. The molecule has 0 unspecified atom stereocenters. The SMILES string of the molecule is Cc1ccc2c(c1)OC(C)(C)C[C@H]2NC(=O)c1ccc(CN(c2cc(C)ccc2C)S(C)(=O)=O)cc1. The van der Waals surface area contributed by atoms with Gasteiger partial charge >= 0.3 is 0 Å². The lowest BCUT2D eigenvalue weighted by atomic mass is 9.89. The van der Waals surface area contributed by atoms with Gasteiger partial charge in [0.05, 0.1) is 24.5 Å². The van der Waals surface area contributed by atoms with Crippen molar-refractivity contribution < 1.29 is 17.9 Å². The molecule has 3 aromatic carbocycles. The predicted molar refractivity (Wildman–Crippen MR) is 144 cm³/mol. The molecule has 1 aliphatic heterocycles. The summed E-state index contributed by atoms with van der Waals surface area (Å²) in [5, 5.41) is 3.17. The van der Waals surface area contributed by atoms with Gasteiger partial charge in [-0.15, -0.1) is 0 Å². The zero-order valence-electron chi connectivity index (χ0n) is 21.8. The van der Waals surface area contributed by atoms with Crippen LogP contribution in [0.15, 0.2) is 60.7 Å². The highest BCUT2D eigenvalue weighted by atomic mass is 32.2. The van der Waals surface area contributed by atoms with Crippen LogP contribution in [0.3, 0.4) is 0 Å². The molecular weight excluding hydrogens is 472 g/mol. The average molecular weight is 507 g/mol. The fourth-order valence-corrected chi connectivity index (χ4v) is 5.56. The molecule has 36 heavy (non-hydrogen) atoms. The zero-order chi connectivity index (χ0) is 26.3. The summed E-state index contributed by atoms with van der Waals surface area (Å²) < 4.78 is 32.8. The van der Waals surface area contributed by atoms with E-state index in [1.165, 1.54) is 10.6 Å². The first-order chi connectivity index (χ1) is 16.8. The lowest BCUT2D eigenvalue weighted by Crippen LogP contribution is -2.41. The van der Waals surface area contributed by atoms with E-state index in [-0.39, 0.29) is 18.5 Å². The van der Waals surface area contributed by atoms with Gasteiger partial charge in [0.15, 0.2) is 0 Å². The van der Waals surface area contributed by atoms with Crippen LogP contribution in [0, 0.1) is 20.8 Å². The molecule has 1 amide bonds. The molecular formula is C29H34N2O4S. The monoisotopic (exact) mass is 506 g/mol. The first-order valence-electron chi connectivity index (χ1n) is 12.1. The number of amides is 1. The number of carbonyl (C=O) groups is 1. The average Bonchev–Trinajstić information content (AvgIpc) is 2.77. The van der Waals surface area contributed by atoms with Gasteiger partial charge in [0, 0.05) is 17.5 Å². The molecule has 0 aromatic heterocycles. The number of nitrogens with one attached hydrogen (secondary N) is 1. The molecule has 0 bridgehead atoms. The van der Waals surface area contributed by atoms with E-state index >= 15 is 0 Å². The van der Waals surface area contributed by atoms with Crippen molar-refractivity contribution in [2.45, 2.75) is 59.2 Å². The summed E-state index contributed by atoms with van der Waals surface area (Å²) >= 11 is 0. The van der Waals surface area contributed by atoms with E-state index in [2.05, 4.69) is 5.32 Å². The number of hydrogen-bond acceptors (Lipinski definition) is 4. The molecule has 6 nitrogen and oxygen atoms in total. The minimum Gasteiger partial charge on any atom is -0.487 e. The molecule has 0 spiro atoms. The van der Waals surface area contributed by atoms with Gasteiger partial charge in [-0.25, -0.2) is 8.42 Å². The van der Waals surface area contributed by atoms with Gasteiger partial charge in [-0.3, -0.25) is 9.10 Å². The Balaban J connectivity index is 1.53. The van der Waals surface area contributed by atoms with Crippen molar-refractivity contribution in [3.05, 3.63) is 94.0 Å². The maximum atomic E-state index is 13.1. The Bertz CT molecular complexity index is 1400. The van der Waals surface area contributed by atoms with Crippen LogP contribution < -0.4 is 14.4 Å². The van der Waals surface area contributed by atoms with Gasteiger partial charge in [0.2, 0.25) is 10.0 Å². The van der Waals surface area contributed by atoms with E-state index < -0.39 is 15.6 Å². The van der Waals surface area contributed by atoms with Crippen LogP contribution in [0.4, 0.5) is 5.69 Å². The Morgan fingerprint density at radius 3 is 2.31 bits per heavy atom. The Morgan fingerprint density at radius 2 is 1.64 bits per heavy atom. The molecule has 1 atom stereocenters. The maximum Gasteiger partial charge on any atom is 0.251 e. The normalized spacial score (nSPS) is 16.6. The second kappa shape index (κ2) is 9.62. The largest absolute Gasteiger partial charge is 0.487 e. The van der Waals surface area contributed by atoms with Crippen LogP contribution in [0.2, 0.25) is 0 Å². The van der Waals surface area contributed by atoms with Crippen molar-refractivity contribution in [3.8, 4) is 5.75 Å². The minimum atomic E-state index is -3.50. The van der Waals surface area contributed by atoms with Crippen molar-refractivity contribution in [2.75, 3.05) is 10.6 Å². The molecule has 1 N–H and O–H groups in total. The van der Waals surface area contributed by atoms with Gasteiger partial charge in [-0.1, -0.05) is 36.4 Å². The van der Waals surface area contributed by atoms with Gasteiger partial charge in [-0.05, 0) is 81.1 Å². The van der Waals surface area contributed by atoms with Crippen LogP contribution >= 0.6 is 0 Å². The second-order valence-corrected chi connectivity index (χ2v) is 12.3. The first kappa shape index (κ1) is 25.8. The van der Waals surface area contributed by atoms with Gasteiger partial charge in [0.1, 0.15) is 11.4 Å². The summed E-state index contributed by atoms with van der Waals surface area (Å²) in [6.45, 7) is 10.1. The first-order valence-corrected chi connectivity index (χ1v) is 13.9. The summed E-state index contributed by atoms with van der Waals surface area (Å²) in [5.74, 6) is 0.629. The van der Waals surface area contributed by atoms with E-state index in [9.17, 15) is 13.2 Å². The number of sulfonamides is 1. The smallest absolute Gasteiger partial charge is 0.251 e. The highest BCUT2D eigenvalue weighted by Crippen LogP contribution is 2.40. The Hall–Kier alpha value is -3.32. The summed E-state index contributed by atoms with van der Waals surface area (Å²) in [4.78, 5) is 13.1. The third kappa shape index (κ3) is 5.73. The predicted octanol–water partition coefficient (Wildman–Crippen LogP) is 5.61. The number of benzene rings is 3. The molecule has 3 aromatic rings. The number of fused-ring (bicyclic) bond motifs is 1. The Labute approximate surface area is 214 Å². The van der Waals surface area contributed by atoms with E-state index in [1.54, 1.807) is 12.1 Å². The van der Waals surface area contributed by atoms with Crippen molar-refractivity contribution in [1.82, 2.24) is 5.32 Å². The Morgan fingerprint density at radius 1 is 1.00 bits per heavy atom. The molecule has 7 heteroatoms. The van der Waals surface area contributed by atoms with E-state index in [0.717, 1.165) is 33.6 Å². The highest BCUT2D eigenvalue weighted by molar-refractivity contribution is 7.92. The number of hydrogen-bond donors (Lipinski definition) is 1. The number of aryl methyl sites for hydroxylation is 3. The van der Waals surface area contributed by atoms with Crippen LogP contribution in [-0.2, 0) is 16.6 Å². The lowest BCUT2D eigenvalue weighted by Gasteiger charge is -2.38. The van der Waals surface area contributed by atoms with Gasteiger partial charge < -0.3 is 10.1 Å². The fourth-order valence-electron chi connectivity index (χ4n) is 4.63. The number of rotatable bonds is 6. The van der Waals surface area contributed by atoms with Crippen LogP contribution in [0.5, 0.6) is 5.75 Å². The summed E-state index contributed by atoms with van der Waals surface area (Å²) in [5.41, 5.74) is 5.54. The van der Waals surface area contributed by atoms with E-state index in [0.29, 0.717) is 17.7 Å². The number of anilines is 1. The molecule has 4 rings (SSSR count). The highest BCUT2D eigenvalue weighted by Gasteiger charge is 2.34. The van der Waals surface area contributed by atoms with E-state index in [4.69, 9.17) is 4.74 Å². The third-order valence-electron chi connectivity index (χ3n) is 6.51. The van der Waals surface area contributed by atoms with Crippen molar-refractivity contribution >= 4 is 21.6 Å². The van der Waals surface area contributed by atoms with Gasteiger partial charge in [0.25, 0.3) is 5.91 Å². The van der Waals surface area contributed by atoms with Crippen LogP contribution in [0.25, 0.3) is 0 Å². The van der Waals surface area contributed by atoms with E-state index in [1.807, 2.05) is 83.1 Å². The molecule has 0 radical (unpaired) electrons. The lowest BCUT2D eigenvalue weighted by molar-refractivity contribution is 0.0619. The fraction of sp³-hybridized carbons (Fsp3) is 0.345. The van der Waals surface area contributed by atoms with Crippen LogP contribution in [-0.4, -0.2) is 26.2 Å². The molecule has 1 heterocycles. The standard InChI is InChI=1S/C29H34N2O4S/c1-19-7-9-21(3)26(15-19)31(36(6,33)34)18-22-10-12-23(13-11-22)28(32)30-25-17-29(4,5)35-27-16-20(2)8-14-24(25)27/h7-16,25H,17-18H2,1-6H3,(H,30,32)/t25-/m1/s1. The second-order valence-electron chi connectivity index (χ2n) is 10.4. The zero-order valence-corrected chi connectivity index (χ0v) is 22.6. The summed E-state index contributed by atoms with van der Waals surface area (Å²) in [6, 6.07) is 18.8. The number of ether oxygens (including phenoxy) is 1. The molecule has 0 fully saturated rings. The number of nitrogens with zero attached hydrogens (tertiary/aromatic N) is 1. The third-order valence-corrected chi connectivity index (χ3v) is 7.63. The van der Waals surface area contributed by atoms with Crippen molar-refractivity contribution in [2.24, 2.45) is 0 Å².